The van der Waals surface area contributed by atoms with Crippen LogP contribution in [-0.4, -0.2) is 35.8 Å². The Morgan fingerprint density at radius 2 is 2.20 bits per heavy atom. The molecule has 0 saturated carbocycles. The first-order chi connectivity index (χ1) is 9.54. The summed E-state index contributed by atoms with van der Waals surface area (Å²) in [6.45, 7) is 1.70. The molecule has 0 saturated heterocycles. The molecule has 1 aliphatic heterocycles. The fourth-order valence-corrected chi connectivity index (χ4v) is 2.03. The van der Waals surface area contributed by atoms with Gasteiger partial charge >= 0.3 is 4.12 Å². The van der Waals surface area contributed by atoms with E-state index in [0.717, 1.165) is 22.6 Å². The van der Waals surface area contributed by atoms with Gasteiger partial charge in [0.25, 0.3) is 0 Å². The number of nitrogens with one attached hydrogen (secondary N) is 1. The van der Waals surface area contributed by atoms with Crippen molar-refractivity contribution in [2.24, 2.45) is 9.98 Å². The number of hydrogen-bond acceptors (Lipinski definition) is 4. The van der Waals surface area contributed by atoms with E-state index >= 15 is 0 Å². The maximum atomic E-state index is 13.0. The number of ether oxygens (including phenoxy) is 1. The van der Waals surface area contributed by atoms with Crippen LogP contribution in [0.2, 0.25) is 0 Å². The normalized spacial score (nSPS) is 18.9. The van der Waals surface area contributed by atoms with Crippen LogP contribution in [0.25, 0.3) is 0 Å². The molecule has 0 fully saturated rings. The van der Waals surface area contributed by atoms with E-state index in [0.29, 0.717) is 37.5 Å². The summed E-state index contributed by atoms with van der Waals surface area (Å²) in [4.78, 5) is 8.34. The highest BCUT2D eigenvalue weighted by atomic mass is 127. The maximum absolute atomic E-state index is 13.0. The fourth-order valence-electron chi connectivity index (χ4n) is 1.76. The van der Waals surface area contributed by atoms with Gasteiger partial charge in [0.15, 0.2) is 0 Å². The number of rotatable bonds is 4. The van der Waals surface area contributed by atoms with E-state index in [2.05, 4.69) is 15.3 Å². The van der Waals surface area contributed by atoms with Gasteiger partial charge in [-0.25, -0.2) is 0 Å². The monoisotopic (exact) mass is 393 g/mol. The van der Waals surface area contributed by atoms with E-state index < -0.39 is 4.12 Å². The van der Waals surface area contributed by atoms with Gasteiger partial charge in [-0.3, -0.25) is 9.98 Å². The molecule has 108 valence electrons. The molecule has 20 heavy (non-hydrogen) atoms. The van der Waals surface area contributed by atoms with Gasteiger partial charge in [-0.05, 0) is 0 Å². The Bertz CT molecular complexity index is 504. The second-order valence-corrected chi connectivity index (χ2v) is 5.40. The van der Waals surface area contributed by atoms with Crippen LogP contribution in [0.4, 0.5) is 8.78 Å². The van der Waals surface area contributed by atoms with Crippen molar-refractivity contribution in [2.45, 2.75) is 10.5 Å². The first-order valence-corrected chi connectivity index (χ1v) is 7.21. The molecule has 4 nitrogen and oxygen atoms in total. The number of nitrogens with zero attached hydrogens (tertiary/aromatic N) is 2. The van der Waals surface area contributed by atoms with Gasteiger partial charge in [0, 0.05) is 18.5 Å². The van der Waals surface area contributed by atoms with E-state index in [1.165, 1.54) is 0 Å². The van der Waals surface area contributed by atoms with E-state index in [-0.39, 0.29) is 5.76 Å². The molecule has 0 aromatic carbocycles. The lowest BCUT2D eigenvalue weighted by atomic mass is 10.2. The molecule has 0 amide bonds. The van der Waals surface area contributed by atoms with Crippen molar-refractivity contribution in [3.8, 4) is 0 Å². The van der Waals surface area contributed by atoms with E-state index in [1.54, 1.807) is 30.5 Å². The summed E-state index contributed by atoms with van der Waals surface area (Å²) in [6, 6.07) is 0. The average molecular weight is 393 g/mol. The number of amidine groups is 1. The highest BCUT2D eigenvalue weighted by Crippen LogP contribution is 2.30. The molecule has 0 aromatic rings. The SMILES string of the molecule is FC(F)(I)OC1=C(CNC2=NCCN=C2)C=CC=CC1. The van der Waals surface area contributed by atoms with E-state index in [1.807, 2.05) is 0 Å². The number of alkyl halides is 3. The minimum Gasteiger partial charge on any atom is -0.429 e. The molecule has 1 N–H and O–H groups in total. The Labute approximate surface area is 129 Å². The van der Waals surface area contributed by atoms with Gasteiger partial charge in [-0.1, -0.05) is 24.3 Å². The lowest BCUT2D eigenvalue weighted by Crippen LogP contribution is -2.29. The van der Waals surface area contributed by atoms with Gasteiger partial charge in [0.1, 0.15) is 11.6 Å². The summed E-state index contributed by atoms with van der Waals surface area (Å²) < 4.78 is 27.6. The number of aliphatic imine (C=N–C) groups is 2. The van der Waals surface area contributed by atoms with Crippen LogP contribution in [0.5, 0.6) is 0 Å². The average Bonchev–Trinajstić information content (AvgIpc) is 2.61. The lowest BCUT2D eigenvalue weighted by Gasteiger charge is -2.17. The number of allylic oxidation sites excluding steroid dienone is 3. The third kappa shape index (κ3) is 5.03. The van der Waals surface area contributed by atoms with E-state index in [4.69, 9.17) is 4.74 Å². The maximum Gasteiger partial charge on any atom is 0.451 e. The number of hydrogen-bond donors (Lipinski definition) is 1. The smallest absolute Gasteiger partial charge is 0.429 e. The third-order valence-electron chi connectivity index (χ3n) is 2.63. The zero-order valence-electron chi connectivity index (χ0n) is 10.7. The largest absolute Gasteiger partial charge is 0.451 e. The molecule has 0 spiro atoms. The van der Waals surface area contributed by atoms with Crippen LogP contribution in [-0.2, 0) is 4.74 Å². The second-order valence-electron chi connectivity index (χ2n) is 4.14. The molecule has 0 atom stereocenters. The standard InChI is InChI=1S/C13H14F2IN3O/c14-13(15,16)20-11-5-3-1-2-4-10(11)8-19-12-9-17-6-7-18-12/h1-4,9H,5-8H2,(H,18,19). The molecule has 2 rings (SSSR count). The van der Waals surface area contributed by atoms with Gasteiger partial charge in [0.2, 0.25) is 0 Å². The fraction of sp³-hybridized carbons (Fsp3) is 0.385. The van der Waals surface area contributed by atoms with Crippen LogP contribution >= 0.6 is 22.6 Å². The van der Waals surface area contributed by atoms with Gasteiger partial charge in [0.05, 0.1) is 41.9 Å². The summed E-state index contributed by atoms with van der Waals surface area (Å²) in [5, 5.41) is 3.07. The summed E-state index contributed by atoms with van der Waals surface area (Å²) in [5.74, 6) is 0.921. The van der Waals surface area contributed by atoms with Crippen molar-refractivity contribution in [1.82, 2.24) is 5.32 Å². The first-order valence-electron chi connectivity index (χ1n) is 6.14. The first kappa shape index (κ1) is 15.1. The quantitative estimate of drug-likeness (QED) is 0.590. The van der Waals surface area contributed by atoms with Gasteiger partial charge in [-0.15, -0.1) is 0 Å². The Kier molecular flexibility index (Phi) is 5.27. The Hall–Kier alpha value is -1.25. The zero-order valence-corrected chi connectivity index (χ0v) is 12.8. The van der Waals surface area contributed by atoms with Crippen LogP contribution in [0, 0.1) is 0 Å². The topological polar surface area (TPSA) is 46.0 Å². The van der Waals surface area contributed by atoms with Crippen LogP contribution in [0.15, 0.2) is 45.6 Å². The molecular formula is C13H14F2IN3O. The molecule has 0 radical (unpaired) electrons. The predicted octanol–water partition coefficient (Wildman–Crippen LogP) is 2.83. The van der Waals surface area contributed by atoms with Crippen molar-refractivity contribution in [2.75, 3.05) is 19.6 Å². The van der Waals surface area contributed by atoms with Crippen molar-refractivity contribution >= 4 is 34.6 Å². The molecule has 0 aromatic heterocycles. The van der Waals surface area contributed by atoms with E-state index in [9.17, 15) is 8.78 Å². The summed E-state index contributed by atoms with van der Waals surface area (Å²) >= 11 is 0.970. The van der Waals surface area contributed by atoms with Crippen LogP contribution < -0.4 is 5.32 Å². The van der Waals surface area contributed by atoms with Crippen molar-refractivity contribution in [1.29, 1.82) is 0 Å². The lowest BCUT2D eigenvalue weighted by molar-refractivity contribution is -0.116. The van der Waals surface area contributed by atoms with Crippen molar-refractivity contribution in [3.63, 3.8) is 0 Å². The molecule has 2 aliphatic rings. The third-order valence-corrected chi connectivity index (χ3v) is 2.85. The molecule has 1 aliphatic carbocycles. The molecule has 0 bridgehead atoms. The zero-order chi connectivity index (χ0) is 14.4. The Morgan fingerprint density at radius 1 is 1.35 bits per heavy atom. The minimum atomic E-state index is -3.21. The highest BCUT2D eigenvalue weighted by Gasteiger charge is 2.28. The molecular weight excluding hydrogens is 379 g/mol. The molecule has 7 heteroatoms. The highest BCUT2D eigenvalue weighted by molar-refractivity contribution is 14.1. The molecule has 1 heterocycles. The predicted molar refractivity (Wildman–Crippen MR) is 83.6 cm³/mol. The summed E-state index contributed by atoms with van der Waals surface area (Å²) in [5.41, 5.74) is 0.674. The summed E-state index contributed by atoms with van der Waals surface area (Å²) in [7, 11) is 0. The van der Waals surface area contributed by atoms with Crippen LogP contribution in [0.3, 0.4) is 0 Å². The van der Waals surface area contributed by atoms with Crippen molar-refractivity contribution < 1.29 is 13.5 Å². The van der Waals surface area contributed by atoms with Gasteiger partial charge in [-0.2, -0.15) is 8.78 Å². The second kappa shape index (κ2) is 6.96. The Morgan fingerprint density at radius 3 is 2.90 bits per heavy atom. The minimum absolute atomic E-state index is 0.259. The van der Waals surface area contributed by atoms with Crippen LogP contribution in [0.1, 0.15) is 6.42 Å². The van der Waals surface area contributed by atoms with Gasteiger partial charge < -0.3 is 10.1 Å². The number of halogens is 3. The van der Waals surface area contributed by atoms with Crippen molar-refractivity contribution in [3.05, 3.63) is 35.6 Å². The summed E-state index contributed by atoms with van der Waals surface area (Å²) in [6.07, 6.45) is 9.13. The Balaban J connectivity index is 2.07. The molecule has 0 unspecified atom stereocenters.